The number of esters is 1. The molecule has 1 aromatic heterocycles. The predicted molar refractivity (Wildman–Crippen MR) is 128 cm³/mol. The van der Waals surface area contributed by atoms with Gasteiger partial charge in [0, 0.05) is 29.5 Å². The average molecular weight is 470 g/mol. The lowest BCUT2D eigenvalue weighted by atomic mass is 9.37. The van der Waals surface area contributed by atoms with Gasteiger partial charge in [0.05, 0.1) is 12.0 Å². The lowest BCUT2D eigenvalue weighted by molar-refractivity contribution is -0.178. The molecule has 1 aromatic rings. The number of rotatable bonds is 4. The van der Waals surface area contributed by atoms with Crippen molar-refractivity contribution in [3.63, 3.8) is 0 Å². The first-order valence-electron chi connectivity index (χ1n) is 13.2. The van der Waals surface area contributed by atoms with Crippen molar-refractivity contribution in [1.82, 2.24) is 4.57 Å². The maximum atomic E-state index is 13.4. The van der Waals surface area contributed by atoms with Crippen molar-refractivity contribution in [3.8, 4) is 11.8 Å². The molecule has 6 nitrogen and oxygen atoms in total. The highest BCUT2D eigenvalue weighted by Crippen LogP contribution is 2.73. The molecule has 34 heavy (non-hydrogen) atoms. The number of fused-ring (bicyclic) bond motifs is 1. The molecule has 5 aliphatic carbocycles. The number of aromatic hydroxyl groups is 2. The number of epoxide rings is 1. The Morgan fingerprint density at radius 3 is 2.62 bits per heavy atom. The Balaban J connectivity index is 1.44. The van der Waals surface area contributed by atoms with Crippen molar-refractivity contribution in [1.29, 1.82) is 0 Å². The highest BCUT2D eigenvalue weighted by Gasteiger charge is 2.67. The van der Waals surface area contributed by atoms with E-state index in [1.807, 2.05) is 0 Å². The van der Waals surface area contributed by atoms with E-state index in [9.17, 15) is 15.0 Å². The summed E-state index contributed by atoms with van der Waals surface area (Å²) in [5.41, 5.74) is 2.49. The van der Waals surface area contributed by atoms with Crippen LogP contribution in [0.25, 0.3) is 0 Å². The average Bonchev–Trinajstić information content (AvgIpc) is 3.60. The highest BCUT2D eigenvalue weighted by atomic mass is 16.6. The van der Waals surface area contributed by atoms with Gasteiger partial charge < -0.3 is 19.7 Å². The molecule has 1 aliphatic heterocycles. The molecule has 7 rings (SSSR count). The van der Waals surface area contributed by atoms with E-state index in [-0.39, 0.29) is 46.5 Å². The van der Waals surface area contributed by atoms with Crippen molar-refractivity contribution in [2.45, 2.75) is 83.7 Å². The van der Waals surface area contributed by atoms with Crippen LogP contribution in [0.5, 0.6) is 11.8 Å². The first-order valence-corrected chi connectivity index (χ1v) is 13.2. The van der Waals surface area contributed by atoms with Crippen molar-refractivity contribution in [2.24, 2.45) is 35.6 Å². The van der Waals surface area contributed by atoms with Crippen LogP contribution in [0.15, 0.2) is 11.6 Å². The quantitative estimate of drug-likeness (QED) is 0.371. The first-order chi connectivity index (χ1) is 16.0. The molecule has 1 spiro atoms. The lowest BCUT2D eigenvalue weighted by Gasteiger charge is -2.66. The van der Waals surface area contributed by atoms with Gasteiger partial charge in [-0.3, -0.25) is 9.36 Å². The lowest BCUT2D eigenvalue weighted by Crippen LogP contribution is -2.61. The molecule has 0 radical (unpaired) electrons. The molecule has 186 valence electrons. The molecule has 2 heterocycles. The molecule has 0 aromatic carbocycles. The fourth-order valence-electron chi connectivity index (χ4n) is 8.98. The third-order valence-electron chi connectivity index (χ3n) is 10.7. The summed E-state index contributed by atoms with van der Waals surface area (Å²) in [5, 5.41) is 22.3. The Morgan fingerprint density at radius 2 is 1.94 bits per heavy atom. The van der Waals surface area contributed by atoms with Gasteiger partial charge >= 0.3 is 5.97 Å². The van der Waals surface area contributed by atoms with Gasteiger partial charge in [-0.1, -0.05) is 38.8 Å². The van der Waals surface area contributed by atoms with Crippen LogP contribution >= 0.6 is 0 Å². The molecule has 2 saturated carbocycles. The zero-order chi connectivity index (χ0) is 24.2. The number of hydrogen-bond acceptors (Lipinski definition) is 5. The standard InChI is InChI=1S/C28H39NO5/c1-15(2)18-12-28-10-7-19-26(3,8-6-9-27(19,4)25(32)34-14-16-13-33-16)20(28)11-17(18)21-22(28)24(31)29(5)23(21)30/h12,15-17,19-20,30-31H,6-11,13-14H2,1-5H3. The molecule has 7 unspecified atom stereocenters. The summed E-state index contributed by atoms with van der Waals surface area (Å²) in [6.07, 6.45) is 8.31. The molecule has 7 atom stereocenters. The molecule has 6 aliphatic rings. The van der Waals surface area contributed by atoms with Gasteiger partial charge in [-0.2, -0.15) is 0 Å². The number of carbonyl (C=O) groups is 1. The highest BCUT2D eigenvalue weighted by molar-refractivity contribution is 5.77. The van der Waals surface area contributed by atoms with Gasteiger partial charge in [0.15, 0.2) is 11.8 Å². The fourth-order valence-corrected chi connectivity index (χ4v) is 8.98. The number of ether oxygens (including phenoxy) is 2. The van der Waals surface area contributed by atoms with Gasteiger partial charge in [0.1, 0.15) is 12.7 Å². The van der Waals surface area contributed by atoms with Crippen LogP contribution in [0.2, 0.25) is 0 Å². The maximum Gasteiger partial charge on any atom is 0.312 e. The summed E-state index contributed by atoms with van der Waals surface area (Å²) in [6, 6.07) is 0. The Hall–Kier alpha value is -1.95. The predicted octanol–water partition coefficient (Wildman–Crippen LogP) is 4.92. The summed E-state index contributed by atoms with van der Waals surface area (Å²) >= 11 is 0. The normalized spacial score (nSPS) is 42.0. The number of aromatic nitrogens is 1. The van der Waals surface area contributed by atoms with Crippen molar-refractivity contribution in [3.05, 3.63) is 22.8 Å². The minimum Gasteiger partial charge on any atom is -0.494 e. The Morgan fingerprint density at radius 1 is 1.21 bits per heavy atom. The molecule has 2 bridgehead atoms. The van der Waals surface area contributed by atoms with Crippen molar-refractivity contribution < 1.29 is 24.5 Å². The van der Waals surface area contributed by atoms with Gasteiger partial charge in [0.25, 0.3) is 0 Å². The van der Waals surface area contributed by atoms with Crippen LogP contribution in [0.3, 0.4) is 0 Å². The SMILES string of the molecule is CC(C)C1=CC23CCC4C(C)(C(=O)OCC5CO5)CCCC4(C)C2CC1c1c3c(O)n(C)c1O. The van der Waals surface area contributed by atoms with E-state index in [4.69, 9.17) is 9.47 Å². The molecule has 1 saturated heterocycles. The minimum absolute atomic E-state index is 0.0345. The summed E-state index contributed by atoms with van der Waals surface area (Å²) < 4.78 is 12.6. The summed E-state index contributed by atoms with van der Waals surface area (Å²) in [5.74, 6) is 1.45. The van der Waals surface area contributed by atoms with E-state index in [0.29, 0.717) is 25.0 Å². The third-order valence-corrected chi connectivity index (χ3v) is 10.7. The third kappa shape index (κ3) is 2.69. The van der Waals surface area contributed by atoms with E-state index in [0.717, 1.165) is 49.7 Å². The van der Waals surface area contributed by atoms with Crippen molar-refractivity contribution in [2.75, 3.05) is 13.2 Å². The minimum atomic E-state index is -0.492. The topological polar surface area (TPSA) is 84.2 Å². The second kappa shape index (κ2) is 7.05. The fraction of sp³-hybridized carbons (Fsp3) is 0.750. The summed E-state index contributed by atoms with van der Waals surface area (Å²) in [4.78, 5) is 13.4. The van der Waals surface area contributed by atoms with Gasteiger partial charge in [-0.05, 0) is 62.2 Å². The molecule has 0 amide bonds. The zero-order valence-corrected chi connectivity index (χ0v) is 21.2. The second-order valence-electron chi connectivity index (χ2n) is 12.6. The maximum absolute atomic E-state index is 13.4. The number of carbonyl (C=O) groups excluding carboxylic acids is 1. The largest absolute Gasteiger partial charge is 0.494 e. The van der Waals surface area contributed by atoms with E-state index >= 15 is 0 Å². The van der Waals surface area contributed by atoms with Crippen LogP contribution < -0.4 is 0 Å². The van der Waals surface area contributed by atoms with Gasteiger partial charge in [-0.15, -0.1) is 0 Å². The monoisotopic (exact) mass is 469 g/mol. The first kappa shape index (κ1) is 22.5. The van der Waals surface area contributed by atoms with Crippen LogP contribution in [-0.4, -0.2) is 40.1 Å². The van der Waals surface area contributed by atoms with Gasteiger partial charge in [-0.25, -0.2) is 0 Å². The Kier molecular flexibility index (Phi) is 4.67. The summed E-state index contributed by atoms with van der Waals surface area (Å²) in [6.45, 7) is 10.1. The Labute approximate surface area is 202 Å². The van der Waals surface area contributed by atoms with E-state index in [2.05, 4.69) is 33.8 Å². The molecule has 3 fully saturated rings. The smallest absolute Gasteiger partial charge is 0.312 e. The molecular weight excluding hydrogens is 430 g/mol. The van der Waals surface area contributed by atoms with E-state index in [1.165, 1.54) is 5.57 Å². The second-order valence-corrected chi connectivity index (χ2v) is 12.6. The summed E-state index contributed by atoms with van der Waals surface area (Å²) in [7, 11) is 1.76. The van der Waals surface area contributed by atoms with E-state index in [1.54, 1.807) is 11.6 Å². The van der Waals surface area contributed by atoms with Crippen LogP contribution in [0.1, 0.15) is 83.3 Å². The Bertz CT molecular complexity index is 1080. The van der Waals surface area contributed by atoms with Crippen LogP contribution in [0.4, 0.5) is 0 Å². The van der Waals surface area contributed by atoms with E-state index < -0.39 is 5.41 Å². The van der Waals surface area contributed by atoms with Gasteiger partial charge in [0.2, 0.25) is 0 Å². The number of allylic oxidation sites excluding steroid dienone is 2. The number of hydrogen-bond donors (Lipinski definition) is 2. The van der Waals surface area contributed by atoms with Crippen LogP contribution in [0, 0.1) is 28.6 Å². The molecule has 6 heteroatoms. The molecular formula is C28H39NO5. The van der Waals surface area contributed by atoms with Crippen LogP contribution in [-0.2, 0) is 26.7 Å². The molecule has 2 N–H and O–H groups in total. The number of nitrogens with zero attached hydrogens (tertiary/aromatic N) is 1. The van der Waals surface area contributed by atoms with Crippen molar-refractivity contribution >= 4 is 5.97 Å². The zero-order valence-electron chi connectivity index (χ0n) is 21.2.